The highest BCUT2D eigenvalue weighted by Gasteiger charge is 2.30. The number of nitrogens with one attached hydrogen (secondary N) is 2. The van der Waals surface area contributed by atoms with Gasteiger partial charge >= 0.3 is 0 Å². The minimum Gasteiger partial charge on any atom is -0.488 e. The topological polar surface area (TPSA) is 108 Å². The Kier molecular flexibility index (Phi) is 7.13. The molecule has 0 radical (unpaired) electrons. The zero-order valence-corrected chi connectivity index (χ0v) is 18.4. The molecule has 0 aliphatic carbocycles. The Balaban J connectivity index is 1.71. The zero-order chi connectivity index (χ0) is 23.5. The van der Waals surface area contributed by atoms with Crippen LogP contribution in [0.1, 0.15) is 25.0 Å². The largest absolute Gasteiger partial charge is 0.488 e. The lowest BCUT2D eigenvalue weighted by atomic mass is 9.95. The molecule has 1 amide bonds. The number of ether oxygens (including phenoxy) is 1. The van der Waals surface area contributed by atoms with E-state index in [1.807, 2.05) is 0 Å². The van der Waals surface area contributed by atoms with Crippen LogP contribution in [-0.4, -0.2) is 50.3 Å². The van der Waals surface area contributed by atoms with Crippen molar-refractivity contribution < 1.29 is 31.8 Å². The molecular weight excluding hydrogens is 444 g/mol. The van der Waals surface area contributed by atoms with Crippen LogP contribution in [0.4, 0.5) is 8.78 Å². The second-order valence-electron chi connectivity index (χ2n) is 7.95. The second-order valence-corrected chi connectivity index (χ2v) is 9.63. The number of benzene rings is 2. The van der Waals surface area contributed by atoms with Crippen molar-refractivity contribution in [2.75, 3.05) is 13.2 Å². The first-order chi connectivity index (χ1) is 15.0. The molecule has 3 N–H and O–H groups in total. The number of carbonyl (C=O) groups is 1. The second kappa shape index (κ2) is 9.49. The Labute approximate surface area is 185 Å². The van der Waals surface area contributed by atoms with Gasteiger partial charge in [0.05, 0.1) is 17.0 Å². The first-order valence-electron chi connectivity index (χ1n) is 9.82. The third-order valence-corrected chi connectivity index (χ3v) is 6.58. The molecule has 1 atom stereocenters. The summed E-state index contributed by atoms with van der Waals surface area (Å²) in [7, 11) is -3.97. The number of carbonyl (C=O) groups excluding carboxylic acids is 1. The van der Waals surface area contributed by atoms with Gasteiger partial charge in [-0.15, -0.1) is 0 Å². The number of halogens is 2. The third-order valence-electron chi connectivity index (χ3n) is 4.93. The highest BCUT2D eigenvalue weighted by atomic mass is 32.2. The molecule has 1 fully saturated rings. The minimum absolute atomic E-state index is 0.0346. The lowest BCUT2D eigenvalue weighted by Gasteiger charge is -2.27. The predicted octanol–water partition coefficient (Wildman–Crippen LogP) is 1.75. The maximum absolute atomic E-state index is 12.9. The Morgan fingerprint density at radius 1 is 1.25 bits per heavy atom. The first kappa shape index (κ1) is 24.1. The maximum atomic E-state index is 12.9. The number of aliphatic hydroxyl groups is 1. The molecule has 0 aromatic heterocycles. The van der Waals surface area contributed by atoms with Crippen LogP contribution in [0.15, 0.2) is 53.4 Å². The summed E-state index contributed by atoms with van der Waals surface area (Å²) >= 11 is 0. The van der Waals surface area contributed by atoms with Crippen LogP contribution in [0.2, 0.25) is 0 Å². The fourth-order valence-corrected chi connectivity index (χ4v) is 4.74. The van der Waals surface area contributed by atoms with E-state index in [0.717, 1.165) is 5.56 Å². The first-order valence-corrected chi connectivity index (χ1v) is 11.3. The van der Waals surface area contributed by atoms with E-state index in [0.29, 0.717) is 12.1 Å². The lowest BCUT2D eigenvalue weighted by molar-refractivity contribution is -0.119. The number of alkyl halides is 2. The van der Waals surface area contributed by atoms with Crippen LogP contribution >= 0.6 is 0 Å². The number of hydrogen-bond donors (Lipinski definition) is 3. The van der Waals surface area contributed by atoms with Crippen molar-refractivity contribution in [3.8, 4) is 5.75 Å². The van der Waals surface area contributed by atoms with Crippen LogP contribution in [0, 0.1) is 0 Å². The fourth-order valence-electron chi connectivity index (χ4n) is 3.30. The van der Waals surface area contributed by atoms with E-state index in [2.05, 4.69) is 10.0 Å². The van der Waals surface area contributed by atoms with E-state index in [1.165, 1.54) is 24.3 Å². The quantitative estimate of drug-likeness (QED) is 0.517. The average Bonchev–Trinajstić information content (AvgIpc) is 3.03. The Hall–Kier alpha value is -2.60. The molecule has 0 spiro atoms. The van der Waals surface area contributed by atoms with Crippen LogP contribution in [0.25, 0.3) is 0 Å². The highest BCUT2D eigenvalue weighted by Crippen LogP contribution is 2.25. The Bertz CT molecular complexity index is 1060. The van der Waals surface area contributed by atoms with E-state index in [-0.39, 0.29) is 23.1 Å². The number of sulfonamides is 1. The van der Waals surface area contributed by atoms with E-state index in [1.54, 1.807) is 43.0 Å². The lowest BCUT2D eigenvalue weighted by Crippen LogP contribution is -2.41. The summed E-state index contributed by atoms with van der Waals surface area (Å²) in [6, 6.07) is 12.5. The number of rotatable bonds is 9. The van der Waals surface area contributed by atoms with Gasteiger partial charge in [0.15, 0.2) is 6.35 Å². The third kappa shape index (κ3) is 6.00. The number of amides is 1. The molecule has 2 aromatic carbocycles. The predicted molar refractivity (Wildman–Crippen MR) is 112 cm³/mol. The van der Waals surface area contributed by atoms with Gasteiger partial charge < -0.3 is 15.2 Å². The van der Waals surface area contributed by atoms with Gasteiger partial charge in [-0.2, -0.15) is 0 Å². The van der Waals surface area contributed by atoms with Crippen molar-refractivity contribution in [1.82, 2.24) is 14.9 Å². The van der Waals surface area contributed by atoms with Gasteiger partial charge in [0.1, 0.15) is 12.4 Å². The van der Waals surface area contributed by atoms with Crippen LogP contribution in [0.5, 0.6) is 5.75 Å². The number of hydrogen-bond acceptors (Lipinski definition) is 6. The van der Waals surface area contributed by atoms with E-state index in [4.69, 9.17) is 4.74 Å². The molecule has 1 heterocycles. The average molecular weight is 470 g/mol. The van der Waals surface area contributed by atoms with E-state index in [9.17, 15) is 27.1 Å². The molecule has 0 saturated carbocycles. The van der Waals surface area contributed by atoms with Crippen LogP contribution in [0.3, 0.4) is 0 Å². The molecule has 11 heteroatoms. The monoisotopic (exact) mass is 469 g/mol. The summed E-state index contributed by atoms with van der Waals surface area (Å²) in [4.78, 5) is 12.8. The Morgan fingerprint density at radius 2 is 1.94 bits per heavy atom. The van der Waals surface area contributed by atoms with Crippen molar-refractivity contribution in [3.63, 3.8) is 0 Å². The van der Waals surface area contributed by atoms with Gasteiger partial charge in [-0.1, -0.05) is 30.3 Å². The van der Waals surface area contributed by atoms with Crippen molar-refractivity contribution in [2.24, 2.45) is 0 Å². The van der Waals surface area contributed by atoms with Crippen molar-refractivity contribution in [2.45, 2.75) is 43.6 Å². The van der Waals surface area contributed by atoms with Gasteiger partial charge in [-0.3, -0.25) is 4.79 Å². The molecule has 1 unspecified atom stereocenters. The molecule has 1 aliphatic heterocycles. The van der Waals surface area contributed by atoms with Crippen LogP contribution < -0.4 is 14.8 Å². The molecule has 1 saturated heterocycles. The van der Waals surface area contributed by atoms with Gasteiger partial charge in [0.2, 0.25) is 15.9 Å². The summed E-state index contributed by atoms with van der Waals surface area (Å²) in [5.41, 5.74) is 0.542. The van der Waals surface area contributed by atoms with Crippen LogP contribution in [-0.2, 0) is 26.9 Å². The molecular formula is C21H25F2N3O5S. The van der Waals surface area contributed by atoms with Crippen molar-refractivity contribution in [3.05, 3.63) is 59.7 Å². The zero-order valence-electron chi connectivity index (χ0n) is 17.6. The molecule has 0 bridgehead atoms. The minimum atomic E-state index is -3.97. The highest BCUT2D eigenvalue weighted by molar-refractivity contribution is 7.89. The van der Waals surface area contributed by atoms with Gasteiger partial charge in [-0.05, 0) is 37.1 Å². The standard InChI is InChI=1S/C21H25F2N3O5S/c1-21(2,15-8-6-14(7-9-15)11-26-12-19(27)24-20(26)28)25-32(29,30)17-5-3-4-16(10-17)31-13-18(22)23/h3-10,18,20,25,28H,11-13H2,1-2H3,(H,24,27). The summed E-state index contributed by atoms with van der Waals surface area (Å²) in [6.07, 6.45) is -3.70. The summed E-state index contributed by atoms with van der Waals surface area (Å²) < 4.78 is 58.0. The SMILES string of the molecule is CC(C)(NS(=O)(=O)c1cccc(OCC(F)F)c1)c1ccc(CN2CC(=O)NC2O)cc1. The van der Waals surface area contributed by atoms with Crippen molar-refractivity contribution in [1.29, 1.82) is 0 Å². The molecule has 8 nitrogen and oxygen atoms in total. The van der Waals surface area contributed by atoms with Crippen molar-refractivity contribution >= 4 is 15.9 Å². The summed E-state index contributed by atoms with van der Waals surface area (Å²) in [5, 5.41) is 12.2. The van der Waals surface area contributed by atoms with Gasteiger partial charge in [0.25, 0.3) is 6.43 Å². The molecule has 2 aromatic rings. The molecule has 3 rings (SSSR count). The fraction of sp³-hybridized carbons (Fsp3) is 0.381. The molecule has 32 heavy (non-hydrogen) atoms. The number of aliphatic hydroxyl groups excluding tert-OH is 1. The summed E-state index contributed by atoms with van der Waals surface area (Å²) in [5.74, 6) is -0.222. The van der Waals surface area contributed by atoms with E-state index < -0.39 is 34.9 Å². The smallest absolute Gasteiger partial charge is 0.272 e. The van der Waals surface area contributed by atoms with E-state index >= 15 is 0 Å². The normalized spacial score (nSPS) is 17.6. The molecule has 1 aliphatic rings. The number of nitrogens with zero attached hydrogens (tertiary/aromatic N) is 1. The van der Waals surface area contributed by atoms with Gasteiger partial charge in [-0.25, -0.2) is 26.8 Å². The Morgan fingerprint density at radius 3 is 2.53 bits per heavy atom. The molecule has 174 valence electrons. The van der Waals surface area contributed by atoms with Gasteiger partial charge in [0, 0.05) is 12.6 Å². The summed E-state index contributed by atoms with van der Waals surface area (Å²) in [6.45, 7) is 3.01. The maximum Gasteiger partial charge on any atom is 0.272 e.